The largest absolute Gasteiger partial charge is 0.509 e. The standard InChI is InChI=1S/C31H22ClFN2O4S2/c1-17(27(37)16-36)41-35-26-9-7-21(33)14-24(26)29(23-10-11-40-28(23)15-34)30(35)19-5-3-4-18(12-19)22-8-6-20(13-25(22)32)31(38)39-2/h3-14,36-37H,16H2,1-2H3/b27-17-. The van der Waals surface area contributed by atoms with Crippen molar-refractivity contribution in [2.45, 2.75) is 6.92 Å². The lowest BCUT2D eigenvalue weighted by Crippen LogP contribution is -2.01. The fourth-order valence-electron chi connectivity index (χ4n) is 4.59. The Morgan fingerprint density at radius 1 is 1.12 bits per heavy atom. The molecule has 10 heteroatoms. The van der Waals surface area contributed by atoms with Crippen molar-refractivity contribution in [2.75, 3.05) is 13.7 Å². The molecule has 0 aliphatic carbocycles. The zero-order valence-electron chi connectivity index (χ0n) is 21.8. The molecule has 0 saturated heterocycles. The zero-order valence-corrected chi connectivity index (χ0v) is 24.2. The Balaban J connectivity index is 1.81. The lowest BCUT2D eigenvalue weighted by molar-refractivity contribution is 0.0600. The highest BCUT2D eigenvalue weighted by atomic mass is 35.5. The van der Waals surface area contributed by atoms with E-state index >= 15 is 0 Å². The van der Waals surface area contributed by atoms with Gasteiger partial charge in [0.25, 0.3) is 0 Å². The van der Waals surface area contributed by atoms with Crippen LogP contribution in [0.25, 0.3) is 44.4 Å². The van der Waals surface area contributed by atoms with Crippen LogP contribution >= 0.6 is 34.9 Å². The quantitative estimate of drug-likeness (QED) is 0.143. The fraction of sp³-hybridized carbons (Fsp3) is 0.0968. The number of carbonyl (C=O) groups excluding carboxylic acids is 1. The summed E-state index contributed by atoms with van der Waals surface area (Å²) in [6, 6.07) is 21.0. The number of carbonyl (C=O) groups is 1. The highest BCUT2D eigenvalue weighted by Gasteiger charge is 2.25. The van der Waals surface area contributed by atoms with Crippen molar-refractivity contribution in [3.05, 3.63) is 104 Å². The predicted octanol–water partition coefficient (Wildman–Crippen LogP) is 8.43. The lowest BCUT2D eigenvalue weighted by atomic mass is 9.96. The first-order chi connectivity index (χ1) is 19.8. The normalized spacial score (nSPS) is 11.8. The molecular weight excluding hydrogens is 583 g/mol. The van der Waals surface area contributed by atoms with E-state index in [-0.39, 0.29) is 5.76 Å². The Bertz CT molecular complexity index is 1890. The molecule has 0 radical (unpaired) electrons. The second kappa shape index (κ2) is 11.8. The first kappa shape index (κ1) is 28.5. The molecule has 206 valence electrons. The van der Waals surface area contributed by atoms with E-state index in [1.165, 1.54) is 42.5 Å². The van der Waals surface area contributed by atoms with E-state index in [2.05, 4.69) is 6.07 Å². The number of nitrogens with zero attached hydrogens (tertiary/aromatic N) is 2. The van der Waals surface area contributed by atoms with E-state index in [9.17, 15) is 24.7 Å². The number of benzene rings is 3. The molecule has 2 heterocycles. The fourth-order valence-corrected chi connectivity index (χ4v) is 6.55. The van der Waals surface area contributed by atoms with Gasteiger partial charge in [-0.25, -0.2) is 9.18 Å². The molecule has 3 aromatic carbocycles. The van der Waals surface area contributed by atoms with Gasteiger partial charge in [0.15, 0.2) is 0 Å². The van der Waals surface area contributed by atoms with E-state index in [1.54, 1.807) is 31.2 Å². The number of rotatable bonds is 7. The second-order valence-electron chi connectivity index (χ2n) is 8.97. The average Bonchev–Trinajstić information content (AvgIpc) is 3.57. The van der Waals surface area contributed by atoms with Crippen molar-refractivity contribution < 1.29 is 24.1 Å². The van der Waals surface area contributed by atoms with Crippen LogP contribution in [0.3, 0.4) is 0 Å². The lowest BCUT2D eigenvalue weighted by Gasteiger charge is -2.14. The van der Waals surface area contributed by atoms with Crippen LogP contribution in [-0.4, -0.2) is 33.9 Å². The summed E-state index contributed by atoms with van der Waals surface area (Å²) in [6.07, 6.45) is 0. The minimum atomic E-state index is -0.534. The second-order valence-corrected chi connectivity index (χ2v) is 11.5. The zero-order chi connectivity index (χ0) is 29.3. The Morgan fingerprint density at radius 3 is 2.61 bits per heavy atom. The summed E-state index contributed by atoms with van der Waals surface area (Å²) in [6.45, 7) is 1.15. The highest BCUT2D eigenvalue weighted by molar-refractivity contribution is 8.01. The van der Waals surface area contributed by atoms with Crippen molar-refractivity contribution in [1.29, 1.82) is 5.26 Å². The van der Waals surface area contributed by atoms with Crippen molar-refractivity contribution in [3.8, 4) is 39.6 Å². The van der Waals surface area contributed by atoms with Gasteiger partial charge < -0.3 is 14.9 Å². The number of hydrogen-bond acceptors (Lipinski definition) is 7. The van der Waals surface area contributed by atoms with Gasteiger partial charge in [-0.15, -0.1) is 11.3 Å². The molecule has 41 heavy (non-hydrogen) atoms. The average molecular weight is 605 g/mol. The molecular formula is C31H22ClFN2O4S2. The van der Waals surface area contributed by atoms with E-state index in [1.807, 2.05) is 39.7 Å². The third-order valence-corrected chi connectivity index (χ3v) is 8.75. The van der Waals surface area contributed by atoms with Gasteiger partial charge >= 0.3 is 5.97 Å². The molecule has 5 rings (SSSR count). The number of aromatic nitrogens is 1. The molecule has 2 aromatic heterocycles. The molecule has 5 aromatic rings. The Labute approximate surface area is 248 Å². The maximum atomic E-state index is 14.7. The van der Waals surface area contributed by atoms with Crippen molar-refractivity contribution in [3.63, 3.8) is 0 Å². The van der Waals surface area contributed by atoms with Gasteiger partial charge in [0.2, 0.25) is 0 Å². The van der Waals surface area contributed by atoms with Crippen LogP contribution in [0.5, 0.6) is 0 Å². The van der Waals surface area contributed by atoms with Crippen molar-refractivity contribution in [1.82, 2.24) is 3.97 Å². The molecule has 0 saturated carbocycles. The van der Waals surface area contributed by atoms with E-state index < -0.39 is 18.4 Å². The number of fused-ring (bicyclic) bond motifs is 1. The van der Waals surface area contributed by atoms with E-state index in [0.717, 1.165) is 11.1 Å². The van der Waals surface area contributed by atoms with Crippen LogP contribution in [0.15, 0.2) is 82.8 Å². The first-order valence-electron chi connectivity index (χ1n) is 12.3. The van der Waals surface area contributed by atoms with Gasteiger partial charge in [-0.05, 0) is 72.3 Å². The predicted molar refractivity (Wildman–Crippen MR) is 163 cm³/mol. The third kappa shape index (κ3) is 5.35. The number of thiophene rings is 1. The van der Waals surface area contributed by atoms with Gasteiger partial charge in [0, 0.05) is 37.6 Å². The van der Waals surface area contributed by atoms with E-state index in [4.69, 9.17) is 16.3 Å². The van der Waals surface area contributed by atoms with Crippen molar-refractivity contribution in [2.24, 2.45) is 0 Å². The van der Waals surface area contributed by atoms with Gasteiger partial charge in [-0.2, -0.15) is 5.26 Å². The summed E-state index contributed by atoms with van der Waals surface area (Å²) in [5.41, 5.74) is 5.15. The summed E-state index contributed by atoms with van der Waals surface area (Å²) >= 11 is 9.07. The molecule has 6 nitrogen and oxygen atoms in total. The van der Waals surface area contributed by atoms with Crippen LogP contribution in [0.4, 0.5) is 4.39 Å². The van der Waals surface area contributed by atoms with Gasteiger partial charge in [0.1, 0.15) is 29.1 Å². The van der Waals surface area contributed by atoms with Gasteiger partial charge in [0.05, 0.1) is 23.9 Å². The molecule has 0 amide bonds. The molecule has 0 atom stereocenters. The Kier molecular flexibility index (Phi) is 8.20. The highest BCUT2D eigenvalue weighted by Crippen LogP contribution is 2.47. The number of methoxy groups -OCH3 is 1. The summed E-state index contributed by atoms with van der Waals surface area (Å²) in [7, 11) is 1.30. The number of aliphatic hydroxyl groups excluding tert-OH is 2. The number of allylic oxidation sites excluding steroid dienone is 1. The van der Waals surface area contributed by atoms with Crippen LogP contribution in [0.2, 0.25) is 5.02 Å². The van der Waals surface area contributed by atoms with E-state index in [0.29, 0.717) is 53.7 Å². The number of ether oxygens (including phenoxy) is 1. The molecule has 0 fully saturated rings. The molecule has 2 N–H and O–H groups in total. The monoisotopic (exact) mass is 604 g/mol. The molecule has 0 bridgehead atoms. The minimum absolute atomic E-state index is 0.189. The smallest absolute Gasteiger partial charge is 0.337 e. The Morgan fingerprint density at radius 2 is 1.90 bits per heavy atom. The maximum absolute atomic E-state index is 14.7. The maximum Gasteiger partial charge on any atom is 0.337 e. The topological polar surface area (TPSA) is 95.5 Å². The number of halogens is 2. The summed E-state index contributed by atoms with van der Waals surface area (Å²) in [4.78, 5) is 12.9. The summed E-state index contributed by atoms with van der Waals surface area (Å²) in [5, 5.41) is 32.5. The molecule has 0 aliphatic rings. The van der Waals surface area contributed by atoms with Crippen molar-refractivity contribution >= 4 is 51.8 Å². The summed E-state index contributed by atoms with van der Waals surface area (Å²) < 4.78 is 21.3. The number of aliphatic hydroxyl groups is 2. The van der Waals surface area contributed by atoms with Crippen LogP contribution in [0, 0.1) is 17.1 Å². The third-order valence-electron chi connectivity index (χ3n) is 6.54. The number of esters is 1. The molecule has 0 aliphatic heterocycles. The van der Waals surface area contributed by atoms with Gasteiger partial charge in [-0.3, -0.25) is 3.97 Å². The first-order valence-corrected chi connectivity index (χ1v) is 14.3. The minimum Gasteiger partial charge on any atom is -0.509 e. The number of nitriles is 1. The SMILES string of the molecule is COC(=O)c1ccc(-c2cccc(-c3c(-c4ccsc4C#N)c4cc(F)ccc4n3S/C(C)=C(\O)CO)c2)c(Cl)c1. The molecule has 0 spiro atoms. The molecule has 0 unspecified atom stereocenters. The summed E-state index contributed by atoms with van der Waals surface area (Å²) in [5.74, 6) is -1.12. The van der Waals surface area contributed by atoms with Crippen LogP contribution in [-0.2, 0) is 4.74 Å². The van der Waals surface area contributed by atoms with Crippen LogP contribution in [0.1, 0.15) is 22.2 Å². The number of hydrogen-bond donors (Lipinski definition) is 2. The van der Waals surface area contributed by atoms with Crippen LogP contribution < -0.4 is 0 Å². The Hall–Kier alpha value is -4.07. The van der Waals surface area contributed by atoms with Gasteiger partial charge in [-0.1, -0.05) is 35.9 Å².